The smallest absolute Gasteiger partial charge is 0.233 e. The van der Waals surface area contributed by atoms with Gasteiger partial charge in [-0.3, -0.25) is 14.5 Å². The topological polar surface area (TPSA) is 37.4 Å². The summed E-state index contributed by atoms with van der Waals surface area (Å²) < 4.78 is 0. The quantitative estimate of drug-likeness (QED) is 0.630. The summed E-state index contributed by atoms with van der Waals surface area (Å²) in [6.07, 6.45) is 1.10. The Bertz CT molecular complexity index is 333. The second-order valence-corrected chi connectivity index (χ2v) is 5.75. The van der Waals surface area contributed by atoms with Crippen LogP contribution < -0.4 is 0 Å². The highest BCUT2D eigenvalue weighted by atomic mass is 16.2. The van der Waals surface area contributed by atoms with Gasteiger partial charge in [0.05, 0.1) is 11.8 Å². The van der Waals surface area contributed by atoms with Crippen LogP contribution in [0.5, 0.6) is 0 Å². The summed E-state index contributed by atoms with van der Waals surface area (Å²) in [6, 6.07) is 0. The number of nitrogens with zero attached hydrogens (tertiary/aromatic N) is 1. The Morgan fingerprint density at radius 2 is 1.50 bits per heavy atom. The lowest BCUT2D eigenvalue weighted by Gasteiger charge is -2.31. The molecule has 1 aliphatic heterocycles. The molecule has 3 heteroatoms. The standard InChI is InChI=1S/C13H19NO2/c1-4-14-12(15)10-8-5-9(7(3)6(8)2)11(10)13(14)16/h6-11H,4-5H2,1-3H3. The van der Waals surface area contributed by atoms with E-state index in [4.69, 9.17) is 0 Å². The number of rotatable bonds is 1. The van der Waals surface area contributed by atoms with E-state index >= 15 is 0 Å². The number of likely N-dealkylation sites (tertiary alicyclic amines) is 1. The Morgan fingerprint density at radius 3 is 1.88 bits per heavy atom. The predicted octanol–water partition coefficient (Wildman–Crippen LogP) is 1.53. The van der Waals surface area contributed by atoms with Crippen LogP contribution in [0.1, 0.15) is 27.2 Å². The molecule has 0 aromatic rings. The van der Waals surface area contributed by atoms with Crippen LogP contribution in [0.15, 0.2) is 0 Å². The van der Waals surface area contributed by atoms with Gasteiger partial charge >= 0.3 is 0 Å². The van der Waals surface area contributed by atoms with Crippen molar-refractivity contribution in [1.82, 2.24) is 4.90 Å². The molecular weight excluding hydrogens is 202 g/mol. The molecule has 2 saturated carbocycles. The van der Waals surface area contributed by atoms with Crippen LogP contribution in [-0.4, -0.2) is 23.3 Å². The van der Waals surface area contributed by atoms with Gasteiger partial charge in [0.1, 0.15) is 0 Å². The zero-order valence-electron chi connectivity index (χ0n) is 10.1. The summed E-state index contributed by atoms with van der Waals surface area (Å²) in [6.45, 7) is 6.94. The SMILES string of the molecule is CCN1C(=O)C2C3CC(C(C)C3C)C2C1=O. The minimum absolute atomic E-state index is 0.0312. The van der Waals surface area contributed by atoms with Gasteiger partial charge in [0.25, 0.3) is 0 Å². The molecular formula is C13H19NO2. The molecule has 88 valence electrons. The molecule has 1 heterocycles. The van der Waals surface area contributed by atoms with E-state index in [2.05, 4.69) is 13.8 Å². The number of hydrogen-bond donors (Lipinski definition) is 0. The Balaban J connectivity index is 1.99. The van der Waals surface area contributed by atoms with Crippen molar-refractivity contribution in [1.29, 1.82) is 0 Å². The molecule has 16 heavy (non-hydrogen) atoms. The summed E-state index contributed by atoms with van der Waals surface area (Å²) >= 11 is 0. The van der Waals surface area contributed by atoms with Crippen LogP contribution in [0.25, 0.3) is 0 Å². The summed E-state index contributed by atoms with van der Waals surface area (Å²) in [7, 11) is 0. The normalized spacial score (nSPS) is 50.3. The van der Waals surface area contributed by atoms with Crippen molar-refractivity contribution < 1.29 is 9.59 Å². The number of imide groups is 1. The van der Waals surface area contributed by atoms with Gasteiger partial charge in [-0.15, -0.1) is 0 Å². The zero-order valence-corrected chi connectivity index (χ0v) is 10.1. The second kappa shape index (κ2) is 3.08. The van der Waals surface area contributed by atoms with E-state index in [1.165, 1.54) is 4.90 Å². The monoisotopic (exact) mass is 221 g/mol. The minimum atomic E-state index is 0.0312. The molecule has 2 aliphatic carbocycles. The van der Waals surface area contributed by atoms with Gasteiger partial charge < -0.3 is 0 Å². The highest BCUT2D eigenvalue weighted by Crippen LogP contribution is 2.60. The van der Waals surface area contributed by atoms with Gasteiger partial charge in [0, 0.05) is 6.54 Å². The maximum absolute atomic E-state index is 12.2. The molecule has 3 fully saturated rings. The number of amides is 2. The maximum Gasteiger partial charge on any atom is 0.233 e. The van der Waals surface area contributed by atoms with Crippen molar-refractivity contribution in [3.05, 3.63) is 0 Å². The average molecular weight is 221 g/mol. The van der Waals surface area contributed by atoms with E-state index < -0.39 is 0 Å². The van der Waals surface area contributed by atoms with E-state index in [1.54, 1.807) is 0 Å². The molecule has 3 aliphatic rings. The van der Waals surface area contributed by atoms with Crippen molar-refractivity contribution in [3.63, 3.8) is 0 Å². The average Bonchev–Trinajstić information content (AvgIpc) is 2.84. The van der Waals surface area contributed by atoms with Gasteiger partial charge in [0.15, 0.2) is 0 Å². The first kappa shape index (κ1) is 10.3. The Labute approximate surface area is 96.2 Å². The highest BCUT2D eigenvalue weighted by molar-refractivity contribution is 6.06. The van der Waals surface area contributed by atoms with Crippen LogP contribution in [0.2, 0.25) is 0 Å². The van der Waals surface area contributed by atoms with Crippen LogP contribution in [-0.2, 0) is 9.59 Å². The molecule has 2 amide bonds. The fourth-order valence-corrected chi connectivity index (χ4v) is 4.46. The molecule has 0 N–H and O–H groups in total. The lowest BCUT2D eigenvalue weighted by atomic mass is 9.70. The molecule has 6 unspecified atom stereocenters. The Morgan fingerprint density at radius 1 is 1.06 bits per heavy atom. The van der Waals surface area contributed by atoms with Gasteiger partial charge in [0.2, 0.25) is 11.8 Å². The minimum Gasteiger partial charge on any atom is -0.282 e. The third-order valence-electron chi connectivity index (χ3n) is 5.45. The van der Waals surface area contributed by atoms with E-state index in [1.807, 2.05) is 6.92 Å². The van der Waals surface area contributed by atoms with Crippen LogP contribution in [0.3, 0.4) is 0 Å². The number of carbonyl (C=O) groups is 2. The summed E-state index contributed by atoms with van der Waals surface area (Å²) in [5.74, 6) is 2.45. The zero-order chi connectivity index (χ0) is 11.6. The number of hydrogen-bond acceptors (Lipinski definition) is 2. The summed E-state index contributed by atoms with van der Waals surface area (Å²) in [5.41, 5.74) is 0. The Hall–Kier alpha value is -0.860. The van der Waals surface area contributed by atoms with Crippen LogP contribution >= 0.6 is 0 Å². The number of fused-ring (bicyclic) bond motifs is 5. The predicted molar refractivity (Wildman–Crippen MR) is 59.3 cm³/mol. The first-order valence-corrected chi connectivity index (χ1v) is 6.43. The van der Waals surface area contributed by atoms with Crippen molar-refractivity contribution in [2.45, 2.75) is 27.2 Å². The van der Waals surface area contributed by atoms with E-state index in [9.17, 15) is 9.59 Å². The van der Waals surface area contributed by atoms with Crippen molar-refractivity contribution in [2.75, 3.05) is 6.54 Å². The van der Waals surface area contributed by atoms with Gasteiger partial charge in [-0.25, -0.2) is 0 Å². The third kappa shape index (κ3) is 0.950. The molecule has 0 radical (unpaired) electrons. The second-order valence-electron chi connectivity index (χ2n) is 5.75. The third-order valence-corrected chi connectivity index (χ3v) is 5.45. The molecule has 2 bridgehead atoms. The lowest BCUT2D eigenvalue weighted by Crippen LogP contribution is -2.34. The van der Waals surface area contributed by atoms with Crippen LogP contribution in [0, 0.1) is 35.5 Å². The molecule has 1 saturated heterocycles. The summed E-state index contributed by atoms with van der Waals surface area (Å²) in [5, 5.41) is 0. The molecule has 3 nitrogen and oxygen atoms in total. The van der Waals surface area contributed by atoms with E-state index in [0.29, 0.717) is 30.2 Å². The van der Waals surface area contributed by atoms with Gasteiger partial charge in [-0.2, -0.15) is 0 Å². The first-order valence-electron chi connectivity index (χ1n) is 6.43. The van der Waals surface area contributed by atoms with Crippen molar-refractivity contribution in [2.24, 2.45) is 35.5 Å². The fourth-order valence-electron chi connectivity index (χ4n) is 4.46. The molecule has 6 atom stereocenters. The van der Waals surface area contributed by atoms with Crippen molar-refractivity contribution >= 4 is 11.8 Å². The largest absolute Gasteiger partial charge is 0.282 e. The van der Waals surface area contributed by atoms with Crippen LogP contribution in [0.4, 0.5) is 0 Å². The van der Waals surface area contributed by atoms with Crippen molar-refractivity contribution in [3.8, 4) is 0 Å². The Kier molecular flexibility index (Phi) is 1.99. The molecule has 0 spiro atoms. The lowest BCUT2D eigenvalue weighted by molar-refractivity contribution is -0.140. The molecule has 0 aromatic carbocycles. The van der Waals surface area contributed by atoms with E-state index in [-0.39, 0.29) is 23.7 Å². The molecule has 3 rings (SSSR count). The highest BCUT2D eigenvalue weighted by Gasteiger charge is 2.64. The maximum atomic E-state index is 12.2. The molecule has 0 aromatic heterocycles. The number of carbonyl (C=O) groups excluding carboxylic acids is 2. The fraction of sp³-hybridized carbons (Fsp3) is 0.846. The first-order chi connectivity index (χ1) is 7.57. The summed E-state index contributed by atoms with van der Waals surface area (Å²) in [4.78, 5) is 25.8. The van der Waals surface area contributed by atoms with Gasteiger partial charge in [-0.05, 0) is 37.0 Å². The van der Waals surface area contributed by atoms with E-state index in [0.717, 1.165) is 6.42 Å². The van der Waals surface area contributed by atoms with Gasteiger partial charge in [-0.1, -0.05) is 13.8 Å².